The van der Waals surface area contributed by atoms with E-state index in [0.29, 0.717) is 13.2 Å². The van der Waals surface area contributed by atoms with E-state index in [0.717, 1.165) is 117 Å². The van der Waals surface area contributed by atoms with Gasteiger partial charge in [0.2, 0.25) is 0 Å². The Morgan fingerprint density at radius 1 is 0.387 bits per heavy atom. The molecule has 2 heterocycles. The Hall–Kier alpha value is -5.96. The van der Waals surface area contributed by atoms with Gasteiger partial charge < -0.3 is 28.4 Å². The zero-order valence-electron chi connectivity index (χ0n) is 44.3. The van der Waals surface area contributed by atoms with Gasteiger partial charge in [0.25, 0.3) is 0 Å². The van der Waals surface area contributed by atoms with E-state index in [1.807, 2.05) is 0 Å². The largest absolute Gasteiger partial charge is 0.381 e. The summed E-state index contributed by atoms with van der Waals surface area (Å²) in [6.45, 7) is 13.7. The van der Waals surface area contributed by atoms with Gasteiger partial charge in [0.15, 0.2) is 0 Å². The van der Waals surface area contributed by atoms with Crippen molar-refractivity contribution in [2.24, 2.45) is 10.8 Å². The second-order valence-electron chi connectivity index (χ2n) is 21.7. The number of hydrogen-bond donors (Lipinski definition) is 0. The van der Waals surface area contributed by atoms with Crippen LogP contribution in [0.5, 0.6) is 0 Å². The Balaban J connectivity index is 0.848. The van der Waals surface area contributed by atoms with E-state index < -0.39 is 5.41 Å². The summed E-state index contributed by atoms with van der Waals surface area (Å²) < 4.78 is 35.6. The van der Waals surface area contributed by atoms with Crippen molar-refractivity contribution in [2.45, 2.75) is 83.8 Å². The van der Waals surface area contributed by atoms with Gasteiger partial charge in [0.05, 0.1) is 58.3 Å². The molecule has 2 fully saturated rings. The number of rotatable bonds is 26. The first-order valence-electron chi connectivity index (χ1n) is 27.9. The Kier molecular flexibility index (Phi) is 16.0. The maximum atomic E-state index is 6.43. The topological polar surface area (TPSA) is 55.4 Å². The summed E-state index contributed by atoms with van der Waals surface area (Å²) in [4.78, 5) is 0. The molecule has 11 rings (SSSR count). The minimum atomic E-state index is -0.559. The molecular formula is C69H74O6. The second kappa shape index (κ2) is 23.5. The molecule has 0 unspecified atom stereocenters. The van der Waals surface area contributed by atoms with Crippen molar-refractivity contribution in [2.75, 3.05) is 66.1 Å². The first kappa shape index (κ1) is 51.2. The number of unbranched alkanes of at least 4 members (excludes halogenated alkanes) is 4. The Bertz CT molecular complexity index is 3050. The molecule has 3 aliphatic rings. The van der Waals surface area contributed by atoms with Gasteiger partial charge in [-0.2, -0.15) is 0 Å². The molecule has 8 aromatic rings. The Morgan fingerprint density at radius 2 is 0.787 bits per heavy atom. The molecular weight excluding hydrogens is 925 g/mol. The number of benzene rings is 8. The normalized spacial score (nSPS) is 15.9. The molecule has 6 nitrogen and oxygen atoms in total. The first-order valence-corrected chi connectivity index (χ1v) is 27.9. The van der Waals surface area contributed by atoms with Crippen LogP contribution in [0.25, 0.3) is 54.9 Å². The van der Waals surface area contributed by atoms with E-state index in [2.05, 4.69) is 184 Å². The van der Waals surface area contributed by atoms with Crippen LogP contribution in [-0.4, -0.2) is 66.1 Å². The predicted octanol–water partition coefficient (Wildman–Crippen LogP) is 16.0. The van der Waals surface area contributed by atoms with E-state index in [1.165, 1.54) is 88.3 Å². The molecule has 2 saturated heterocycles. The molecule has 0 aromatic heterocycles. The molecule has 0 radical (unpaired) electrons. The lowest BCUT2D eigenvalue weighted by Gasteiger charge is -2.40. The fraction of sp³-hybridized carbons (Fsp3) is 0.362. The van der Waals surface area contributed by atoms with Crippen molar-refractivity contribution in [3.05, 3.63) is 203 Å². The van der Waals surface area contributed by atoms with Gasteiger partial charge in [-0.1, -0.05) is 178 Å². The summed E-state index contributed by atoms with van der Waals surface area (Å²) in [6, 6.07) is 63.7. The van der Waals surface area contributed by atoms with Crippen LogP contribution in [-0.2, 0) is 47.0 Å². The first-order chi connectivity index (χ1) is 37.0. The van der Waals surface area contributed by atoms with Crippen LogP contribution >= 0.6 is 0 Å². The van der Waals surface area contributed by atoms with E-state index in [1.54, 1.807) is 0 Å². The third-order valence-corrected chi connectivity index (χ3v) is 16.7. The van der Waals surface area contributed by atoms with Crippen molar-refractivity contribution in [3.8, 4) is 33.4 Å². The molecule has 0 atom stereocenters. The standard InChI is InChI=1S/C69H74O6/c1-3-67(47-74-48-67)45-72-39-19-7-17-37-70-43-51-29-32-53(33-30-51)65-59-25-13-15-27-61(59)66(62-28-16-14-26-60(62)65)54-34-36-58-57-35-31-52(44-71-38-18-8-20-40-73-46-68(4-2)49-75-50-68)41-63(57)69(64(58)42-54,55-21-9-5-10-22-55)56-23-11-6-12-24-56/h5-6,9-16,21-36,41-42H,3-4,7-8,17-20,37-40,43-50H2,1-2H3. The summed E-state index contributed by atoms with van der Waals surface area (Å²) >= 11 is 0. The Labute approximate surface area is 445 Å². The maximum absolute atomic E-state index is 6.43. The monoisotopic (exact) mass is 999 g/mol. The fourth-order valence-corrected chi connectivity index (χ4v) is 12.0. The molecule has 0 amide bonds. The van der Waals surface area contributed by atoms with Crippen LogP contribution in [0.2, 0.25) is 0 Å². The van der Waals surface area contributed by atoms with Crippen LogP contribution in [0, 0.1) is 10.8 Å². The van der Waals surface area contributed by atoms with Crippen molar-refractivity contribution in [1.29, 1.82) is 0 Å². The average Bonchev–Trinajstić information content (AvgIpc) is 3.77. The highest BCUT2D eigenvalue weighted by Gasteiger charge is 2.46. The van der Waals surface area contributed by atoms with Crippen LogP contribution in [0.1, 0.15) is 98.6 Å². The van der Waals surface area contributed by atoms with Crippen LogP contribution in [0.4, 0.5) is 0 Å². The van der Waals surface area contributed by atoms with E-state index in [4.69, 9.17) is 28.4 Å². The fourth-order valence-electron chi connectivity index (χ4n) is 12.0. The van der Waals surface area contributed by atoms with Crippen LogP contribution in [0.15, 0.2) is 170 Å². The average molecular weight is 999 g/mol. The third-order valence-electron chi connectivity index (χ3n) is 16.7. The maximum Gasteiger partial charge on any atom is 0.0716 e. The van der Waals surface area contributed by atoms with Crippen molar-refractivity contribution >= 4 is 21.5 Å². The Morgan fingerprint density at radius 3 is 1.25 bits per heavy atom. The summed E-state index contributed by atoms with van der Waals surface area (Å²) in [6.07, 6.45) is 8.60. The quantitative estimate of drug-likeness (QED) is 0.0398. The summed E-state index contributed by atoms with van der Waals surface area (Å²) in [5, 5.41) is 4.97. The SMILES string of the molecule is CCC1(COCCCCCOCc2ccc(-c3c4ccccc4c(-c4ccc5c(c4)C(c4ccccc4)(c4ccccc4)c4cc(COCCCCCOCC6(CC)COC6)ccc4-5)c4ccccc34)cc2)COC1. The molecule has 0 saturated carbocycles. The lowest BCUT2D eigenvalue weighted by molar-refractivity contribution is -0.150. The molecule has 2 aliphatic heterocycles. The van der Waals surface area contributed by atoms with E-state index in [9.17, 15) is 0 Å². The highest BCUT2D eigenvalue weighted by molar-refractivity contribution is 6.21. The summed E-state index contributed by atoms with van der Waals surface area (Å²) in [7, 11) is 0. The lowest BCUT2D eigenvalue weighted by atomic mass is 9.67. The molecule has 8 aromatic carbocycles. The second-order valence-corrected chi connectivity index (χ2v) is 21.7. The predicted molar refractivity (Wildman–Crippen MR) is 305 cm³/mol. The van der Waals surface area contributed by atoms with E-state index in [-0.39, 0.29) is 10.8 Å². The van der Waals surface area contributed by atoms with Crippen molar-refractivity contribution < 1.29 is 28.4 Å². The molecule has 6 heteroatoms. The van der Waals surface area contributed by atoms with Crippen molar-refractivity contribution in [1.82, 2.24) is 0 Å². The number of fused-ring (bicyclic) bond motifs is 5. The molecule has 386 valence electrons. The zero-order chi connectivity index (χ0) is 50.9. The van der Waals surface area contributed by atoms with Gasteiger partial charge in [-0.15, -0.1) is 0 Å². The van der Waals surface area contributed by atoms with Gasteiger partial charge in [-0.25, -0.2) is 0 Å². The minimum absolute atomic E-state index is 0.241. The number of ether oxygens (including phenoxy) is 6. The molecule has 0 spiro atoms. The summed E-state index contributed by atoms with van der Waals surface area (Å²) in [5.41, 5.74) is 14.9. The van der Waals surface area contributed by atoms with Gasteiger partial charge in [-0.3, -0.25) is 0 Å². The molecule has 0 N–H and O–H groups in total. The van der Waals surface area contributed by atoms with Gasteiger partial charge >= 0.3 is 0 Å². The van der Waals surface area contributed by atoms with Gasteiger partial charge in [0, 0.05) is 37.3 Å². The van der Waals surface area contributed by atoms with E-state index >= 15 is 0 Å². The third kappa shape index (κ3) is 10.5. The van der Waals surface area contributed by atoms with Gasteiger partial charge in [0.1, 0.15) is 0 Å². The smallest absolute Gasteiger partial charge is 0.0716 e. The van der Waals surface area contributed by atoms with Crippen LogP contribution in [0.3, 0.4) is 0 Å². The molecule has 75 heavy (non-hydrogen) atoms. The van der Waals surface area contributed by atoms with Gasteiger partial charge in [-0.05, 0) is 146 Å². The molecule has 0 bridgehead atoms. The highest BCUT2D eigenvalue weighted by Crippen LogP contribution is 2.57. The minimum Gasteiger partial charge on any atom is -0.381 e. The zero-order valence-corrected chi connectivity index (χ0v) is 44.3. The summed E-state index contributed by atoms with van der Waals surface area (Å²) in [5.74, 6) is 0. The lowest BCUT2D eigenvalue weighted by Crippen LogP contribution is -2.45. The van der Waals surface area contributed by atoms with Crippen LogP contribution < -0.4 is 0 Å². The molecule has 1 aliphatic carbocycles. The highest BCUT2D eigenvalue weighted by atomic mass is 16.5. The number of hydrogen-bond acceptors (Lipinski definition) is 6. The van der Waals surface area contributed by atoms with Crippen molar-refractivity contribution in [3.63, 3.8) is 0 Å².